The molecule has 1 aromatic rings. The maximum absolute atomic E-state index is 10.2. The Morgan fingerprint density at radius 1 is 1.24 bits per heavy atom. The van der Waals surface area contributed by atoms with Crippen molar-refractivity contribution in [2.24, 2.45) is 0 Å². The Morgan fingerprint density at radius 2 is 2.05 bits per heavy atom. The van der Waals surface area contributed by atoms with Gasteiger partial charge in [-0.15, -0.1) is 0 Å². The van der Waals surface area contributed by atoms with Crippen molar-refractivity contribution in [3.63, 3.8) is 0 Å². The van der Waals surface area contributed by atoms with Crippen LogP contribution in [0.15, 0.2) is 18.2 Å². The highest BCUT2D eigenvalue weighted by molar-refractivity contribution is 5.40. The molecular weight excluding hydrogens is 266 g/mol. The van der Waals surface area contributed by atoms with E-state index in [1.54, 1.807) is 7.11 Å². The average Bonchev–Trinajstić information content (AvgIpc) is 2.71. The van der Waals surface area contributed by atoms with Gasteiger partial charge in [-0.2, -0.15) is 0 Å². The summed E-state index contributed by atoms with van der Waals surface area (Å²) in [5.74, 6) is 1.68. The molecule has 1 aromatic carbocycles. The summed E-state index contributed by atoms with van der Waals surface area (Å²) in [6.45, 7) is 3.73. The molecule has 2 unspecified atom stereocenters. The van der Waals surface area contributed by atoms with Crippen molar-refractivity contribution in [1.82, 2.24) is 5.32 Å². The van der Waals surface area contributed by atoms with Gasteiger partial charge in [0, 0.05) is 12.1 Å². The largest absolute Gasteiger partial charge is 0.497 e. The first-order chi connectivity index (χ1) is 10.2. The smallest absolute Gasteiger partial charge is 0.124 e. The van der Waals surface area contributed by atoms with Crippen molar-refractivity contribution in [2.75, 3.05) is 13.7 Å². The lowest BCUT2D eigenvalue weighted by Crippen LogP contribution is -2.31. The van der Waals surface area contributed by atoms with E-state index in [9.17, 15) is 5.11 Å². The fourth-order valence-electron chi connectivity index (χ4n) is 2.75. The maximum atomic E-state index is 10.2. The molecule has 1 aliphatic carbocycles. The first-order valence-electron chi connectivity index (χ1n) is 7.97. The van der Waals surface area contributed by atoms with Crippen LogP contribution in [0.25, 0.3) is 0 Å². The average molecular weight is 293 g/mol. The summed E-state index contributed by atoms with van der Waals surface area (Å²) in [6.07, 6.45) is 4.71. The number of methoxy groups -OCH3 is 1. The third-order valence-electron chi connectivity index (χ3n) is 4.03. The summed E-state index contributed by atoms with van der Waals surface area (Å²) in [4.78, 5) is 0. The van der Waals surface area contributed by atoms with E-state index < -0.39 is 0 Å². The van der Waals surface area contributed by atoms with Crippen LogP contribution in [0.5, 0.6) is 11.5 Å². The van der Waals surface area contributed by atoms with Gasteiger partial charge in [0.15, 0.2) is 0 Å². The van der Waals surface area contributed by atoms with Gasteiger partial charge >= 0.3 is 0 Å². The highest BCUT2D eigenvalue weighted by atomic mass is 16.5. The second kappa shape index (κ2) is 8.25. The molecule has 1 fully saturated rings. The van der Waals surface area contributed by atoms with Gasteiger partial charge in [-0.05, 0) is 44.0 Å². The third kappa shape index (κ3) is 4.61. The summed E-state index contributed by atoms with van der Waals surface area (Å²) in [7, 11) is 1.67. The summed E-state index contributed by atoms with van der Waals surface area (Å²) < 4.78 is 11.4. The molecule has 4 nitrogen and oxygen atoms in total. The lowest BCUT2D eigenvalue weighted by Gasteiger charge is -2.24. The van der Waals surface area contributed by atoms with Gasteiger partial charge in [0.05, 0.1) is 13.2 Å². The SMILES string of the molecule is CCNCc1cc(OC)ccc1OC1CCCCCC1O. The molecular formula is C17H27NO3. The summed E-state index contributed by atoms with van der Waals surface area (Å²) in [6, 6.07) is 5.86. The summed E-state index contributed by atoms with van der Waals surface area (Å²) in [5.41, 5.74) is 1.08. The second-order valence-corrected chi connectivity index (χ2v) is 5.62. The molecule has 0 spiro atoms. The minimum Gasteiger partial charge on any atom is -0.497 e. The normalized spacial score (nSPS) is 22.6. The molecule has 4 heteroatoms. The van der Waals surface area contributed by atoms with Gasteiger partial charge in [-0.1, -0.05) is 19.8 Å². The van der Waals surface area contributed by atoms with Crippen LogP contribution in [0, 0.1) is 0 Å². The minimum atomic E-state index is -0.360. The first-order valence-corrected chi connectivity index (χ1v) is 7.97. The standard InChI is InChI=1S/C17H27NO3/c1-3-18-12-13-11-14(20-2)9-10-16(13)21-17-8-6-4-5-7-15(17)19/h9-11,15,17-19H,3-8,12H2,1-2H3. The van der Waals surface area contributed by atoms with E-state index >= 15 is 0 Å². The molecule has 2 N–H and O–H groups in total. The Kier molecular flexibility index (Phi) is 6.33. The highest BCUT2D eigenvalue weighted by Gasteiger charge is 2.24. The van der Waals surface area contributed by atoms with Crippen LogP contribution in [0.4, 0.5) is 0 Å². The molecule has 2 rings (SSSR count). The van der Waals surface area contributed by atoms with E-state index in [1.807, 2.05) is 18.2 Å². The zero-order valence-electron chi connectivity index (χ0n) is 13.1. The minimum absolute atomic E-state index is 0.0960. The van der Waals surface area contributed by atoms with Crippen LogP contribution < -0.4 is 14.8 Å². The topological polar surface area (TPSA) is 50.7 Å². The van der Waals surface area contributed by atoms with Crippen LogP contribution >= 0.6 is 0 Å². The lowest BCUT2D eigenvalue weighted by molar-refractivity contribution is 0.0313. The first kappa shape index (κ1) is 16.1. The molecule has 0 saturated heterocycles. The fraction of sp³-hybridized carbons (Fsp3) is 0.647. The van der Waals surface area contributed by atoms with E-state index in [-0.39, 0.29) is 12.2 Å². The number of aliphatic hydroxyl groups is 1. The zero-order valence-corrected chi connectivity index (χ0v) is 13.1. The van der Waals surface area contributed by atoms with E-state index in [0.717, 1.165) is 55.8 Å². The Hall–Kier alpha value is -1.26. The second-order valence-electron chi connectivity index (χ2n) is 5.62. The molecule has 0 radical (unpaired) electrons. The van der Waals surface area contributed by atoms with E-state index in [2.05, 4.69) is 12.2 Å². The Bertz CT molecular complexity index is 436. The van der Waals surface area contributed by atoms with Crippen molar-refractivity contribution in [3.05, 3.63) is 23.8 Å². The van der Waals surface area contributed by atoms with Gasteiger partial charge in [0.1, 0.15) is 17.6 Å². The molecule has 0 amide bonds. The number of hydrogen-bond donors (Lipinski definition) is 2. The molecule has 0 bridgehead atoms. The lowest BCUT2D eigenvalue weighted by atomic mass is 10.1. The summed E-state index contributed by atoms with van der Waals surface area (Å²) in [5, 5.41) is 13.5. The molecule has 1 saturated carbocycles. The number of nitrogens with one attached hydrogen (secondary N) is 1. The van der Waals surface area contributed by atoms with E-state index in [4.69, 9.17) is 9.47 Å². The molecule has 0 heterocycles. The van der Waals surface area contributed by atoms with E-state index in [0.29, 0.717) is 0 Å². The highest BCUT2D eigenvalue weighted by Crippen LogP contribution is 2.28. The Labute approximate surface area is 127 Å². The van der Waals surface area contributed by atoms with Crippen molar-refractivity contribution in [2.45, 2.75) is 57.8 Å². The van der Waals surface area contributed by atoms with Crippen molar-refractivity contribution in [1.29, 1.82) is 0 Å². The number of rotatable bonds is 6. The molecule has 21 heavy (non-hydrogen) atoms. The number of aliphatic hydroxyl groups excluding tert-OH is 1. The van der Waals surface area contributed by atoms with Crippen LogP contribution in [0.3, 0.4) is 0 Å². The van der Waals surface area contributed by atoms with Crippen LogP contribution in [-0.2, 0) is 6.54 Å². The van der Waals surface area contributed by atoms with Crippen LogP contribution in [0.1, 0.15) is 44.6 Å². The molecule has 118 valence electrons. The number of hydrogen-bond acceptors (Lipinski definition) is 4. The van der Waals surface area contributed by atoms with Gasteiger partial charge < -0.3 is 19.9 Å². The zero-order chi connectivity index (χ0) is 15.1. The molecule has 0 aromatic heterocycles. The predicted molar refractivity (Wildman–Crippen MR) is 83.9 cm³/mol. The van der Waals surface area contributed by atoms with E-state index in [1.165, 1.54) is 6.42 Å². The van der Waals surface area contributed by atoms with Gasteiger partial charge in [0.25, 0.3) is 0 Å². The van der Waals surface area contributed by atoms with Crippen molar-refractivity contribution in [3.8, 4) is 11.5 Å². The third-order valence-corrected chi connectivity index (χ3v) is 4.03. The maximum Gasteiger partial charge on any atom is 0.124 e. The van der Waals surface area contributed by atoms with Crippen molar-refractivity contribution < 1.29 is 14.6 Å². The van der Waals surface area contributed by atoms with Crippen molar-refractivity contribution >= 4 is 0 Å². The predicted octanol–water partition coefficient (Wildman–Crippen LogP) is 2.88. The molecule has 1 aliphatic rings. The quantitative estimate of drug-likeness (QED) is 0.792. The monoisotopic (exact) mass is 293 g/mol. The van der Waals surface area contributed by atoms with Crippen LogP contribution in [-0.4, -0.2) is 31.0 Å². The van der Waals surface area contributed by atoms with Gasteiger partial charge in [-0.3, -0.25) is 0 Å². The number of benzene rings is 1. The number of ether oxygens (including phenoxy) is 2. The Morgan fingerprint density at radius 3 is 2.81 bits per heavy atom. The van der Waals surface area contributed by atoms with Crippen LogP contribution in [0.2, 0.25) is 0 Å². The fourth-order valence-corrected chi connectivity index (χ4v) is 2.75. The van der Waals surface area contributed by atoms with Gasteiger partial charge in [-0.25, -0.2) is 0 Å². The summed E-state index contributed by atoms with van der Waals surface area (Å²) >= 11 is 0. The van der Waals surface area contributed by atoms with Gasteiger partial charge in [0.2, 0.25) is 0 Å². The molecule has 0 aliphatic heterocycles. The Balaban J connectivity index is 2.12. The molecule has 2 atom stereocenters.